The van der Waals surface area contributed by atoms with Gasteiger partial charge in [0.25, 0.3) is 0 Å². The lowest BCUT2D eigenvalue weighted by Gasteiger charge is -2.39. The molecule has 4 heteroatoms. The highest BCUT2D eigenvalue weighted by Gasteiger charge is 2.29. The Morgan fingerprint density at radius 3 is 3.00 bits per heavy atom. The van der Waals surface area contributed by atoms with Crippen LogP contribution >= 0.6 is 0 Å². The first kappa shape index (κ1) is 11.9. The van der Waals surface area contributed by atoms with Crippen LogP contribution in [-0.2, 0) is 4.79 Å². The number of aryl methyl sites for hydroxylation is 1. The maximum atomic E-state index is 11.6. The fraction of sp³-hybridized carbons (Fsp3) is 0.538. The van der Waals surface area contributed by atoms with Crippen molar-refractivity contribution in [3.05, 3.63) is 23.9 Å². The van der Waals surface area contributed by atoms with Crippen molar-refractivity contribution < 1.29 is 4.79 Å². The van der Waals surface area contributed by atoms with E-state index in [9.17, 15) is 4.79 Å². The fourth-order valence-corrected chi connectivity index (χ4v) is 1.97. The van der Waals surface area contributed by atoms with Crippen LogP contribution in [0.1, 0.15) is 25.3 Å². The molecule has 17 heavy (non-hydrogen) atoms. The smallest absolute Gasteiger partial charge is 0.222 e. The lowest BCUT2D eigenvalue weighted by molar-refractivity contribution is -0.135. The third-order valence-corrected chi connectivity index (χ3v) is 2.97. The first-order valence-electron chi connectivity index (χ1n) is 6.16. The number of anilines is 1. The molecule has 1 aromatic heterocycles. The topological polar surface area (TPSA) is 45.2 Å². The molecular formula is C13H19N3O. The molecule has 0 aliphatic carbocycles. The second-order valence-electron chi connectivity index (χ2n) is 4.61. The van der Waals surface area contributed by atoms with Crippen molar-refractivity contribution in [3.63, 3.8) is 0 Å². The average molecular weight is 233 g/mol. The predicted molar refractivity (Wildman–Crippen MR) is 67.9 cm³/mol. The maximum absolute atomic E-state index is 11.6. The van der Waals surface area contributed by atoms with Gasteiger partial charge in [-0.05, 0) is 31.0 Å². The molecule has 0 saturated carbocycles. The van der Waals surface area contributed by atoms with E-state index >= 15 is 0 Å². The van der Waals surface area contributed by atoms with E-state index in [1.54, 1.807) is 6.20 Å². The van der Waals surface area contributed by atoms with Crippen LogP contribution in [0.2, 0.25) is 0 Å². The van der Waals surface area contributed by atoms with Crippen LogP contribution < -0.4 is 5.32 Å². The first-order valence-corrected chi connectivity index (χ1v) is 6.16. The first-order chi connectivity index (χ1) is 8.19. The number of aromatic nitrogens is 1. The summed E-state index contributed by atoms with van der Waals surface area (Å²) in [5.74, 6) is 1.17. The van der Waals surface area contributed by atoms with E-state index < -0.39 is 0 Å². The Bertz CT molecular complexity index is 399. The molecule has 1 fully saturated rings. The number of amides is 1. The van der Waals surface area contributed by atoms with Crippen LogP contribution in [0.15, 0.2) is 18.3 Å². The van der Waals surface area contributed by atoms with Gasteiger partial charge in [0.05, 0.1) is 6.04 Å². The molecule has 92 valence electrons. The standard InChI is InChI=1S/C13H19N3O/c1-3-4-13(17)16-8-11(9-16)15-12-7-10(2)5-6-14-12/h5-7,11H,3-4,8-9H2,1-2H3,(H,14,15). The zero-order valence-electron chi connectivity index (χ0n) is 10.4. The van der Waals surface area contributed by atoms with Gasteiger partial charge in [-0.2, -0.15) is 0 Å². The van der Waals surface area contributed by atoms with Gasteiger partial charge in [0.15, 0.2) is 0 Å². The van der Waals surface area contributed by atoms with Gasteiger partial charge in [0.1, 0.15) is 5.82 Å². The zero-order chi connectivity index (χ0) is 12.3. The largest absolute Gasteiger partial charge is 0.364 e. The molecule has 0 aromatic carbocycles. The number of likely N-dealkylation sites (tertiary alicyclic amines) is 1. The molecule has 0 bridgehead atoms. The van der Waals surface area contributed by atoms with E-state index in [2.05, 4.69) is 10.3 Å². The minimum Gasteiger partial charge on any atom is -0.364 e. The summed E-state index contributed by atoms with van der Waals surface area (Å²) in [7, 11) is 0. The molecule has 2 rings (SSSR count). The number of carbonyl (C=O) groups is 1. The quantitative estimate of drug-likeness (QED) is 0.862. The van der Waals surface area contributed by atoms with Gasteiger partial charge in [-0.15, -0.1) is 0 Å². The van der Waals surface area contributed by atoms with E-state index in [1.165, 1.54) is 5.56 Å². The molecule has 1 N–H and O–H groups in total. The van der Waals surface area contributed by atoms with Crippen molar-refractivity contribution in [2.75, 3.05) is 18.4 Å². The third kappa shape index (κ3) is 2.96. The number of pyridine rings is 1. The maximum Gasteiger partial charge on any atom is 0.222 e. The molecule has 2 heterocycles. The van der Waals surface area contributed by atoms with E-state index in [-0.39, 0.29) is 5.91 Å². The normalized spacial score (nSPS) is 15.5. The lowest BCUT2D eigenvalue weighted by Crippen LogP contribution is -2.57. The van der Waals surface area contributed by atoms with E-state index in [4.69, 9.17) is 0 Å². The second kappa shape index (κ2) is 5.17. The number of hydrogen-bond donors (Lipinski definition) is 1. The second-order valence-corrected chi connectivity index (χ2v) is 4.61. The van der Waals surface area contributed by atoms with Crippen molar-refractivity contribution in [3.8, 4) is 0 Å². The Morgan fingerprint density at radius 1 is 1.59 bits per heavy atom. The molecule has 4 nitrogen and oxygen atoms in total. The summed E-state index contributed by atoms with van der Waals surface area (Å²) in [6.07, 6.45) is 3.39. The van der Waals surface area contributed by atoms with Gasteiger partial charge in [-0.3, -0.25) is 4.79 Å². The minimum atomic E-state index is 0.266. The predicted octanol–water partition coefficient (Wildman–Crippen LogP) is 1.81. The number of rotatable bonds is 4. The monoisotopic (exact) mass is 233 g/mol. The fourth-order valence-electron chi connectivity index (χ4n) is 1.97. The Balaban J connectivity index is 1.79. The molecule has 1 aromatic rings. The number of hydrogen-bond acceptors (Lipinski definition) is 3. The highest BCUT2D eigenvalue weighted by molar-refractivity contribution is 5.77. The summed E-state index contributed by atoms with van der Waals surface area (Å²) in [4.78, 5) is 17.7. The Kier molecular flexibility index (Phi) is 3.61. The molecule has 1 saturated heterocycles. The van der Waals surface area contributed by atoms with Gasteiger partial charge < -0.3 is 10.2 Å². The van der Waals surface area contributed by atoms with Crippen molar-refractivity contribution >= 4 is 11.7 Å². The van der Waals surface area contributed by atoms with Crippen molar-refractivity contribution in [2.24, 2.45) is 0 Å². The van der Waals surface area contributed by atoms with Crippen LogP contribution in [0.4, 0.5) is 5.82 Å². The van der Waals surface area contributed by atoms with E-state index in [0.29, 0.717) is 12.5 Å². The Labute approximate surface area is 102 Å². The summed E-state index contributed by atoms with van der Waals surface area (Å²) in [6.45, 7) is 5.68. The summed E-state index contributed by atoms with van der Waals surface area (Å²) >= 11 is 0. The third-order valence-electron chi connectivity index (χ3n) is 2.97. The molecule has 1 aliphatic heterocycles. The van der Waals surface area contributed by atoms with Crippen molar-refractivity contribution in [1.82, 2.24) is 9.88 Å². The molecule has 0 spiro atoms. The summed E-state index contributed by atoms with van der Waals surface area (Å²) in [5.41, 5.74) is 1.20. The van der Waals surface area contributed by atoms with E-state index in [1.807, 2.05) is 30.9 Å². The minimum absolute atomic E-state index is 0.266. The van der Waals surface area contributed by atoms with Crippen molar-refractivity contribution in [2.45, 2.75) is 32.7 Å². The Hall–Kier alpha value is -1.58. The number of nitrogens with zero attached hydrogens (tertiary/aromatic N) is 2. The van der Waals surface area contributed by atoms with Crippen LogP contribution in [0.25, 0.3) is 0 Å². The lowest BCUT2D eigenvalue weighted by atomic mass is 10.1. The summed E-state index contributed by atoms with van der Waals surface area (Å²) in [6, 6.07) is 4.35. The molecule has 0 radical (unpaired) electrons. The van der Waals surface area contributed by atoms with Crippen molar-refractivity contribution in [1.29, 1.82) is 0 Å². The highest BCUT2D eigenvalue weighted by atomic mass is 16.2. The Morgan fingerprint density at radius 2 is 2.35 bits per heavy atom. The van der Waals surface area contributed by atoms with Gasteiger partial charge in [-0.25, -0.2) is 4.98 Å². The van der Waals surface area contributed by atoms with Crippen LogP contribution in [0.3, 0.4) is 0 Å². The number of nitrogens with one attached hydrogen (secondary N) is 1. The molecule has 1 aliphatic rings. The zero-order valence-corrected chi connectivity index (χ0v) is 10.4. The number of carbonyl (C=O) groups excluding carboxylic acids is 1. The highest BCUT2D eigenvalue weighted by Crippen LogP contribution is 2.15. The SMILES string of the molecule is CCCC(=O)N1CC(Nc2cc(C)ccn2)C1. The summed E-state index contributed by atoms with van der Waals surface area (Å²) < 4.78 is 0. The molecule has 0 atom stereocenters. The van der Waals surface area contributed by atoms with E-state index in [0.717, 1.165) is 25.3 Å². The van der Waals surface area contributed by atoms with Crippen LogP contribution in [0.5, 0.6) is 0 Å². The van der Waals surface area contributed by atoms with Crippen LogP contribution in [-0.4, -0.2) is 34.9 Å². The molecular weight excluding hydrogens is 214 g/mol. The van der Waals surface area contributed by atoms with Gasteiger partial charge in [-0.1, -0.05) is 6.92 Å². The van der Waals surface area contributed by atoms with Gasteiger partial charge >= 0.3 is 0 Å². The van der Waals surface area contributed by atoms with Gasteiger partial charge in [0.2, 0.25) is 5.91 Å². The van der Waals surface area contributed by atoms with Gasteiger partial charge in [0, 0.05) is 25.7 Å². The molecule has 1 amide bonds. The van der Waals surface area contributed by atoms with Crippen LogP contribution in [0, 0.1) is 6.92 Å². The summed E-state index contributed by atoms with van der Waals surface area (Å²) in [5, 5.41) is 3.34. The average Bonchev–Trinajstić information content (AvgIpc) is 2.23. The molecule has 0 unspecified atom stereocenters.